The lowest BCUT2D eigenvalue weighted by Crippen LogP contribution is -2.39. The van der Waals surface area contributed by atoms with Gasteiger partial charge in [-0.3, -0.25) is 4.79 Å². The van der Waals surface area contributed by atoms with E-state index < -0.39 is 5.60 Å². The smallest absolute Gasteiger partial charge is 0.193 e. The molecule has 0 bridgehead atoms. The maximum Gasteiger partial charge on any atom is 0.193 e. The van der Waals surface area contributed by atoms with Gasteiger partial charge in [0.1, 0.15) is 5.60 Å². The molecule has 3 nitrogen and oxygen atoms in total. The molecule has 0 saturated carbocycles. The van der Waals surface area contributed by atoms with Gasteiger partial charge in [0.25, 0.3) is 0 Å². The topological polar surface area (TPSA) is 35.5 Å². The molecule has 86 valence electrons. The predicted molar refractivity (Wildman–Crippen MR) is 58.6 cm³/mol. The largest absolute Gasteiger partial charge is 0.501 e. The highest BCUT2D eigenvalue weighted by molar-refractivity contribution is 6.01. The molecule has 1 aliphatic rings. The standard InChI is InChI=1S/C12H20O3/c1-4-12(3,15-5-2)11(13)10-7-6-8-14-9-10/h9H,4-8H2,1-3H3. The second-order valence-corrected chi connectivity index (χ2v) is 3.96. The van der Waals surface area contributed by atoms with E-state index in [4.69, 9.17) is 9.47 Å². The van der Waals surface area contributed by atoms with Crippen molar-refractivity contribution in [3.8, 4) is 0 Å². The van der Waals surface area contributed by atoms with Crippen LogP contribution in [0.25, 0.3) is 0 Å². The Morgan fingerprint density at radius 1 is 1.60 bits per heavy atom. The van der Waals surface area contributed by atoms with Crippen LogP contribution in [0, 0.1) is 0 Å². The van der Waals surface area contributed by atoms with Crippen LogP contribution in [0.2, 0.25) is 0 Å². The Labute approximate surface area is 91.4 Å². The second-order valence-electron chi connectivity index (χ2n) is 3.96. The van der Waals surface area contributed by atoms with Crippen molar-refractivity contribution in [1.82, 2.24) is 0 Å². The van der Waals surface area contributed by atoms with Gasteiger partial charge >= 0.3 is 0 Å². The summed E-state index contributed by atoms with van der Waals surface area (Å²) in [6.07, 6.45) is 4.01. The Balaban J connectivity index is 2.75. The highest BCUT2D eigenvalue weighted by Gasteiger charge is 2.34. The Morgan fingerprint density at radius 2 is 2.33 bits per heavy atom. The molecule has 0 amide bonds. The average Bonchev–Trinajstić information content (AvgIpc) is 2.29. The molecule has 1 heterocycles. The first-order valence-corrected chi connectivity index (χ1v) is 5.63. The molecule has 0 aromatic rings. The number of ether oxygens (including phenoxy) is 2. The molecule has 0 N–H and O–H groups in total. The van der Waals surface area contributed by atoms with Gasteiger partial charge in [-0.05, 0) is 33.1 Å². The Hall–Kier alpha value is -0.830. The summed E-state index contributed by atoms with van der Waals surface area (Å²) in [5.74, 6) is 0.0755. The van der Waals surface area contributed by atoms with Crippen LogP contribution in [0.15, 0.2) is 11.8 Å². The zero-order valence-corrected chi connectivity index (χ0v) is 9.84. The first-order chi connectivity index (χ1) is 7.14. The molecule has 1 aliphatic heterocycles. The van der Waals surface area contributed by atoms with Crippen molar-refractivity contribution in [3.63, 3.8) is 0 Å². The van der Waals surface area contributed by atoms with Gasteiger partial charge in [0.05, 0.1) is 12.9 Å². The van der Waals surface area contributed by atoms with E-state index >= 15 is 0 Å². The minimum Gasteiger partial charge on any atom is -0.501 e. The van der Waals surface area contributed by atoms with Crippen molar-refractivity contribution in [1.29, 1.82) is 0 Å². The molecule has 0 saturated heterocycles. The first-order valence-electron chi connectivity index (χ1n) is 5.63. The summed E-state index contributed by atoms with van der Waals surface area (Å²) in [5.41, 5.74) is 0.0837. The van der Waals surface area contributed by atoms with Crippen molar-refractivity contribution in [3.05, 3.63) is 11.8 Å². The fourth-order valence-corrected chi connectivity index (χ4v) is 1.72. The van der Waals surface area contributed by atoms with Crippen LogP contribution in [0.3, 0.4) is 0 Å². The Bertz CT molecular complexity index is 258. The lowest BCUT2D eigenvalue weighted by atomic mass is 9.90. The molecule has 3 heteroatoms. The summed E-state index contributed by atoms with van der Waals surface area (Å²) >= 11 is 0. The fourth-order valence-electron chi connectivity index (χ4n) is 1.72. The van der Waals surface area contributed by atoms with E-state index in [0.29, 0.717) is 19.6 Å². The normalized spacial score (nSPS) is 20.1. The third-order valence-corrected chi connectivity index (χ3v) is 2.84. The molecule has 0 radical (unpaired) electrons. The van der Waals surface area contributed by atoms with Crippen LogP contribution in [-0.4, -0.2) is 24.6 Å². The van der Waals surface area contributed by atoms with Crippen LogP contribution >= 0.6 is 0 Å². The summed E-state index contributed by atoms with van der Waals surface area (Å²) in [6.45, 7) is 7.01. The molecular weight excluding hydrogens is 192 g/mol. The number of hydrogen-bond acceptors (Lipinski definition) is 3. The zero-order valence-electron chi connectivity index (χ0n) is 9.84. The summed E-state index contributed by atoms with van der Waals surface area (Å²) in [5, 5.41) is 0. The van der Waals surface area contributed by atoms with E-state index in [1.165, 1.54) is 0 Å². The zero-order chi connectivity index (χ0) is 11.3. The molecule has 0 aromatic heterocycles. The fraction of sp³-hybridized carbons (Fsp3) is 0.750. The van der Waals surface area contributed by atoms with Gasteiger partial charge < -0.3 is 9.47 Å². The summed E-state index contributed by atoms with van der Waals surface area (Å²) in [6, 6.07) is 0. The van der Waals surface area contributed by atoms with E-state index in [1.54, 1.807) is 6.26 Å². The number of ketones is 1. The molecule has 0 spiro atoms. The lowest BCUT2D eigenvalue weighted by molar-refractivity contribution is -0.138. The van der Waals surface area contributed by atoms with Crippen molar-refractivity contribution >= 4 is 5.78 Å². The molecule has 15 heavy (non-hydrogen) atoms. The van der Waals surface area contributed by atoms with Gasteiger partial charge in [-0.2, -0.15) is 0 Å². The van der Waals surface area contributed by atoms with Gasteiger partial charge in [-0.25, -0.2) is 0 Å². The van der Waals surface area contributed by atoms with E-state index in [-0.39, 0.29) is 5.78 Å². The van der Waals surface area contributed by atoms with Gasteiger partial charge in [0.2, 0.25) is 0 Å². The number of carbonyl (C=O) groups excluding carboxylic acids is 1. The van der Waals surface area contributed by atoms with Crippen LogP contribution in [0.5, 0.6) is 0 Å². The number of Topliss-reactive ketones (excluding diaryl/α,β-unsaturated/α-hetero) is 1. The van der Waals surface area contributed by atoms with Crippen LogP contribution in [0.4, 0.5) is 0 Å². The third kappa shape index (κ3) is 2.81. The van der Waals surface area contributed by atoms with Gasteiger partial charge in [-0.1, -0.05) is 6.92 Å². The molecular formula is C12H20O3. The number of carbonyl (C=O) groups is 1. The number of hydrogen-bond donors (Lipinski definition) is 0. The van der Waals surface area contributed by atoms with Crippen LogP contribution in [-0.2, 0) is 14.3 Å². The van der Waals surface area contributed by atoms with Crippen LogP contribution in [0.1, 0.15) is 40.0 Å². The monoisotopic (exact) mass is 212 g/mol. The van der Waals surface area contributed by atoms with Crippen molar-refractivity contribution in [2.45, 2.75) is 45.6 Å². The molecule has 0 aliphatic carbocycles. The molecule has 1 atom stereocenters. The van der Waals surface area contributed by atoms with Gasteiger partial charge in [0.15, 0.2) is 5.78 Å². The number of rotatable bonds is 5. The van der Waals surface area contributed by atoms with Gasteiger partial charge in [0, 0.05) is 12.2 Å². The Kier molecular flexibility index (Phi) is 4.33. The van der Waals surface area contributed by atoms with Crippen molar-refractivity contribution in [2.24, 2.45) is 0 Å². The quantitative estimate of drug-likeness (QED) is 0.702. The second kappa shape index (κ2) is 5.31. The first kappa shape index (κ1) is 12.2. The minimum absolute atomic E-state index is 0.0755. The summed E-state index contributed by atoms with van der Waals surface area (Å²) in [4.78, 5) is 12.2. The molecule has 0 fully saturated rings. The van der Waals surface area contributed by atoms with Crippen LogP contribution < -0.4 is 0 Å². The minimum atomic E-state index is -0.679. The van der Waals surface area contributed by atoms with E-state index in [2.05, 4.69) is 0 Å². The molecule has 0 aromatic carbocycles. The lowest BCUT2D eigenvalue weighted by Gasteiger charge is -2.28. The van der Waals surface area contributed by atoms with E-state index in [0.717, 1.165) is 18.4 Å². The maximum absolute atomic E-state index is 12.2. The highest BCUT2D eigenvalue weighted by Crippen LogP contribution is 2.24. The SMILES string of the molecule is CCOC(C)(CC)C(=O)C1=COCCC1. The molecule has 1 unspecified atom stereocenters. The predicted octanol–water partition coefficient (Wildman–Crippen LogP) is 2.46. The third-order valence-electron chi connectivity index (χ3n) is 2.84. The Morgan fingerprint density at radius 3 is 2.80 bits per heavy atom. The average molecular weight is 212 g/mol. The highest BCUT2D eigenvalue weighted by atomic mass is 16.5. The summed E-state index contributed by atoms with van der Waals surface area (Å²) in [7, 11) is 0. The van der Waals surface area contributed by atoms with Crippen molar-refractivity contribution < 1.29 is 14.3 Å². The van der Waals surface area contributed by atoms with Crippen molar-refractivity contribution in [2.75, 3.05) is 13.2 Å². The van der Waals surface area contributed by atoms with E-state index in [9.17, 15) is 4.79 Å². The summed E-state index contributed by atoms with van der Waals surface area (Å²) < 4.78 is 10.7. The maximum atomic E-state index is 12.2. The molecule has 1 rings (SSSR count). The van der Waals surface area contributed by atoms with Gasteiger partial charge in [-0.15, -0.1) is 0 Å². The van der Waals surface area contributed by atoms with E-state index in [1.807, 2.05) is 20.8 Å².